The lowest BCUT2D eigenvalue weighted by Gasteiger charge is -2.11. The second-order valence-electron chi connectivity index (χ2n) is 3.11. The van der Waals surface area contributed by atoms with E-state index in [-0.39, 0.29) is 5.82 Å². The van der Waals surface area contributed by atoms with Gasteiger partial charge in [0.05, 0.1) is 0 Å². The van der Waals surface area contributed by atoms with E-state index in [0.717, 1.165) is 0 Å². The molecule has 1 rings (SSSR count). The Morgan fingerprint density at radius 1 is 1.62 bits per heavy atom. The number of nitrogens with zero attached hydrogens (tertiary/aromatic N) is 2. The van der Waals surface area contributed by atoms with Crippen molar-refractivity contribution in [2.75, 3.05) is 0 Å². The summed E-state index contributed by atoms with van der Waals surface area (Å²) in [5.41, 5.74) is 4.33. The van der Waals surface area contributed by atoms with Gasteiger partial charge in [0.1, 0.15) is 6.10 Å². The predicted molar refractivity (Wildman–Crippen MR) is 50.1 cm³/mol. The van der Waals surface area contributed by atoms with Crippen LogP contribution in [0.5, 0.6) is 0 Å². The second kappa shape index (κ2) is 4.24. The summed E-state index contributed by atoms with van der Waals surface area (Å²) in [6.45, 7) is 1.43. The number of primary amides is 1. The van der Waals surface area contributed by atoms with Gasteiger partial charge in [-0.05, 0) is 4.92 Å². The number of hydrogen-bond donors (Lipinski definition) is 4. The SMILES string of the molecule is Cc1nc(C(O)C(O)C(N)=O)c([N+](=O)[O-])[nH]1. The number of carbonyl (C=O) groups excluding carboxylic acids is 1. The van der Waals surface area contributed by atoms with Crippen molar-refractivity contribution in [1.82, 2.24) is 9.97 Å². The Morgan fingerprint density at radius 3 is 2.62 bits per heavy atom. The number of aliphatic hydroxyl groups is 2. The van der Waals surface area contributed by atoms with Crippen LogP contribution in [0.25, 0.3) is 0 Å². The Labute approximate surface area is 89.1 Å². The molecule has 9 heteroatoms. The molecule has 0 aliphatic carbocycles. The molecule has 0 aliphatic heterocycles. The highest BCUT2D eigenvalue weighted by Crippen LogP contribution is 2.24. The van der Waals surface area contributed by atoms with E-state index in [9.17, 15) is 20.0 Å². The summed E-state index contributed by atoms with van der Waals surface area (Å²) in [5, 5.41) is 29.2. The summed E-state index contributed by atoms with van der Waals surface area (Å²) in [6, 6.07) is 0. The normalized spacial score (nSPS) is 14.4. The molecule has 0 aromatic carbocycles. The molecule has 0 saturated carbocycles. The number of amides is 1. The maximum absolute atomic E-state index is 10.6. The summed E-state index contributed by atoms with van der Waals surface area (Å²) < 4.78 is 0. The van der Waals surface area contributed by atoms with Crippen LogP contribution < -0.4 is 5.73 Å². The van der Waals surface area contributed by atoms with Crippen LogP contribution in [0.1, 0.15) is 17.6 Å². The minimum absolute atomic E-state index is 0.178. The van der Waals surface area contributed by atoms with E-state index in [4.69, 9.17) is 10.8 Å². The van der Waals surface area contributed by atoms with E-state index in [1.54, 1.807) is 0 Å². The fraction of sp³-hybridized carbons (Fsp3) is 0.429. The van der Waals surface area contributed by atoms with Crippen molar-refractivity contribution in [3.8, 4) is 0 Å². The first-order valence-electron chi connectivity index (χ1n) is 4.21. The number of nitrogens with two attached hydrogens (primary N) is 1. The number of nitrogens with one attached hydrogen (secondary N) is 1. The molecule has 1 aromatic rings. The third kappa shape index (κ3) is 2.15. The van der Waals surface area contributed by atoms with Crippen LogP contribution in [-0.2, 0) is 4.79 Å². The monoisotopic (exact) mass is 230 g/mol. The van der Waals surface area contributed by atoms with Gasteiger partial charge in [-0.15, -0.1) is 0 Å². The Hall–Kier alpha value is -2.00. The number of carbonyl (C=O) groups is 1. The smallest absolute Gasteiger partial charge is 0.346 e. The van der Waals surface area contributed by atoms with Gasteiger partial charge >= 0.3 is 5.82 Å². The largest absolute Gasteiger partial charge is 0.383 e. The highest BCUT2D eigenvalue weighted by molar-refractivity contribution is 5.79. The van der Waals surface area contributed by atoms with E-state index >= 15 is 0 Å². The quantitative estimate of drug-likeness (QED) is 0.364. The topological polar surface area (TPSA) is 155 Å². The average molecular weight is 230 g/mol. The molecule has 9 nitrogen and oxygen atoms in total. The number of aryl methyl sites for hydroxylation is 1. The summed E-state index contributed by atoms with van der Waals surface area (Å²) in [5.74, 6) is -1.59. The number of H-pyrrole nitrogens is 1. The number of rotatable bonds is 4. The zero-order chi connectivity index (χ0) is 12.5. The minimum atomic E-state index is -1.94. The Kier molecular flexibility index (Phi) is 3.20. The molecular weight excluding hydrogens is 220 g/mol. The summed E-state index contributed by atoms with van der Waals surface area (Å²) >= 11 is 0. The molecule has 5 N–H and O–H groups in total. The molecule has 0 bridgehead atoms. The van der Waals surface area contributed by atoms with Crippen molar-refractivity contribution in [1.29, 1.82) is 0 Å². The molecule has 16 heavy (non-hydrogen) atoms. The number of imidazole rings is 1. The van der Waals surface area contributed by atoms with Gasteiger partial charge in [0.2, 0.25) is 5.91 Å². The molecule has 0 radical (unpaired) electrons. The number of aliphatic hydroxyl groups excluding tert-OH is 2. The van der Waals surface area contributed by atoms with Crippen LogP contribution in [-0.4, -0.2) is 37.1 Å². The van der Waals surface area contributed by atoms with E-state index in [1.807, 2.05) is 0 Å². The lowest BCUT2D eigenvalue weighted by atomic mass is 10.1. The van der Waals surface area contributed by atoms with Gasteiger partial charge in [0, 0.05) is 6.92 Å². The van der Waals surface area contributed by atoms with Crippen molar-refractivity contribution in [2.45, 2.75) is 19.1 Å². The molecule has 88 valence electrons. The Balaban J connectivity index is 3.12. The van der Waals surface area contributed by atoms with Crippen LogP contribution in [0, 0.1) is 17.0 Å². The van der Waals surface area contributed by atoms with Gasteiger partial charge < -0.3 is 26.1 Å². The van der Waals surface area contributed by atoms with Crippen molar-refractivity contribution in [2.24, 2.45) is 5.73 Å². The van der Waals surface area contributed by atoms with Gasteiger partial charge in [-0.2, -0.15) is 0 Å². The fourth-order valence-electron chi connectivity index (χ4n) is 1.15. The zero-order valence-electron chi connectivity index (χ0n) is 8.25. The van der Waals surface area contributed by atoms with E-state index in [0.29, 0.717) is 0 Å². The zero-order valence-corrected chi connectivity index (χ0v) is 8.25. The highest BCUT2D eigenvalue weighted by atomic mass is 16.6. The number of hydrogen-bond acceptors (Lipinski definition) is 6. The molecule has 0 spiro atoms. The third-order valence-corrected chi connectivity index (χ3v) is 1.88. The Morgan fingerprint density at radius 2 is 2.19 bits per heavy atom. The average Bonchev–Trinajstić information content (AvgIpc) is 2.58. The standard InChI is InChI=1S/C7H10N4O5/c1-2-9-3(7(10-2)11(15)16)4(12)5(13)6(8)14/h4-5,12-13H,1H3,(H2,8,14)(H,9,10). The molecule has 1 heterocycles. The summed E-state index contributed by atoms with van der Waals surface area (Å²) in [7, 11) is 0. The van der Waals surface area contributed by atoms with Crippen molar-refractivity contribution < 1.29 is 19.9 Å². The lowest BCUT2D eigenvalue weighted by molar-refractivity contribution is -0.390. The summed E-state index contributed by atoms with van der Waals surface area (Å²) in [6.07, 6.45) is -3.77. The first-order valence-corrected chi connectivity index (χ1v) is 4.21. The second-order valence-corrected chi connectivity index (χ2v) is 3.11. The minimum Gasteiger partial charge on any atom is -0.383 e. The molecule has 1 aromatic heterocycles. The Bertz CT molecular complexity index is 428. The predicted octanol–water partition coefficient (Wildman–Crippen LogP) is -1.49. The maximum atomic E-state index is 10.6. The number of aromatic amines is 1. The molecule has 0 aliphatic rings. The maximum Gasteiger partial charge on any atom is 0.346 e. The van der Waals surface area contributed by atoms with E-state index in [2.05, 4.69) is 9.97 Å². The van der Waals surface area contributed by atoms with Crippen LogP contribution in [0.2, 0.25) is 0 Å². The first-order chi connectivity index (χ1) is 7.34. The lowest BCUT2D eigenvalue weighted by Crippen LogP contribution is -2.34. The van der Waals surface area contributed by atoms with Gasteiger partial charge in [0.15, 0.2) is 17.6 Å². The molecular formula is C7H10N4O5. The van der Waals surface area contributed by atoms with Crippen LogP contribution in [0.3, 0.4) is 0 Å². The molecule has 0 saturated heterocycles. The van der Waals surface area contributed by atoms with Gasteiger partial charge in [-0.25, -0.2) is 9.97 Å². The van der Waals surface area contributed by atoms with Gasteiger partial charge in [-0.1, -0.05) is 0 Å². The van der Waals surface area contributed by atoms with E-state index in [1.165, 1.54) is 6.92 Å². The summed E-state index contributed by atoms with van der Waals surface area (Å²) in [4.78, 5) is 26.3. The van der Waals surface area contributed by atoms with Crippen LogP contribution in [0.4, 0.5) is 5.82 Å². The number of aromatic nitrogens is 2. The molecule has 0 fully saturated rings. The van der Waals surface area contributed by atoms with Crippen molar-refractivity contribution in [3.63, 3.8) is 0 Å². The van der Waals surface area contributed by atoms with Crippen LogP contribution in [0.15, 0.2) is 0 Å². The number of nitro groups is 1. The van der Waals surface area contributed by atoms with Crippen LogP contribution >= 0.6 is 0 Å². The highest BCUT2D eigenvalue weighted by Gasteiger charge is 2.32. The molecule has 2 unspecified atom stereocenters. The molecule has 2 atom stereocenters. The van der Waals surface area contributed by atoms with E-state index < -0.39 is 34.6 Å². The molecule has 1 amide bonds. The van der Waals surface area contributed by atoms with Gasteiger partial charge in [-0.3, -0.25) is 4.79 Å². The van der Waals surface area contributed by atoms with Crippen molar-refractivity contribution in [3.05, 3.63) is 21.6 Å². The fourth-order valence-corrected chi connectivity index (χ4v) is 1.15. The first kappa shape index (κ1) is 12.1. The van der Waals surface area contributed by atoms with Crippen molar-refractivity contribution >= 4 is 11.7 Å². The third-order valence-electron chi connectivity index (χ3n) is 1.88. The van der Waals surface area contributed by atoms with Gasteiger partial charge in [0.25, 0.3) is 0 Å².